The van der Waals surface area contributed by atoms with E-state index in [1.807, 2.05) is 60.5 Å². The minimum atomic E-state index is 0.0788. The number of carbonyl (C=O) groups is 1. The molecule has 3 heterocycles. The minimum Gasteiger partial charge on any atom is -0.491 e. The Morgan fingerprint density at radius 2 is 1.93 bits per heavy atom. The molecule has 1 amide bonds. The van der Waals surface area contributed by atoms with Crippen LogP contribution in [0.1, 0.15) is 29.2 Å². The maximum absolute atomic E-state index is 12.8. The molecule has 0 bridgehead atoms. The zero-order valence-corrected chi connectivity index (χ0v) is 17.5. The molecule has 0 saturated carbocycles. The Morgan fingerprint density at radius 1 is 1.17 bits per heavy atom. The summed E-state index contributed by atoms with van der Waals surface area (Å²) in [4.78, 5) is 21.7. The molecule has 1 aliphatic heterocycles. The highest BCUT2D eigenvalue weighted by atomic mass is 32.1. The summed E-state index contributed by atoms with van der Waals surface area (Å²) in [6.07, 6.45) is 1.78. The van der Waals surface area contributed by atoms with Crippen molar-refractivity contribution in [3.8, 4) is 17.2 Å². The van der Waals surface area contributed by atoms with Crippen LogP contribution in [0, 0.1) is 0 Å². The molecule has 0 N–H and O–H groups in total. The molecular weight excluding hydrogens is 386 g/mol. The van der Waals surface area contributed by atoms with Crippen LogP contribution in [-0.4, -0.2) is 53.0 Å². The summed E-state index contributed by atoms with van der Waals surface area (Å²) in [7, 11) is 0. The monoisotopic (exact) mass is 411 g/mol. The molecule has 1 saturated heterocycles. The maximum atomic E-state index is 12.8. The number of nitrogens with zero attached hydrogens (tertiary/aromatic N) is 3. The molecule has 1 aromatic carbocycles. The molecule has 29 heavy (non-hydrogen) atoms. The van der Waals surface area contributed by atoms with Crippen LogP contribution in [0.25, 0.3) is 11.5 Å². The predicted molar refractivity (Wildman–Crippen MR) is 113 cm³/mol. The van der Waals surface area contributed by atoms with Gasteiger partial charge in [-0.3, -0.25) is 9.69 Å². The van der Waals surface area contributed by atoms with E-state index in [1.54, 1.807) is 17.6 Å². The van der Waals surface area contributed by atoms with Crippen molar-refractivity contribution >= 4 is 17.2 Å². The zero-order valence-electron chi connectivity index (χ0n) is 16.7. The van der Waals surface area contributed by atoms with Crippen LogP contribution in [0.5, 0.6) is 5.75 Å². The van der Waals surface area contributed by atoms with Crippen molar-refractivity contribution in [3.63, 3.8) is 0 Å². The second kappa shape index (κ2) is 8.80. The zero-order chi connectivity index (χ0) is 20.2. The number of hydrogen-bond donors (Lipinski definition) is 0. The number of furan rings is 1. The molecule has 7 heteroatoms. The summed E-state index contributed by atoms with van der Waals surface area (Å²) in [6, 6.07) is 11.2. The van der Waals surface area contributed by atoms with Gasteiger partial charge in [-0.05, 0) is 50.2 Å². The Bertz CT molecular complexity index is 927. The Hall–Kier alpha value is -2.64. The molecule has 0 radical (unpaired) electrons. The molecule has 1 aliphatic rings. The highest BCUT2D eigenvalue weighted by molar-refractivity contribution is 7.09. The normalized spacial score (nSPS) is 15.1. The predicted octanol–water partition coefficient (Wildman–Crippen LogP) is 4.15. The third-order valence-electron chi connectivity index (χ3n) is 4.82. The molecule has 0 aliphatic carbocycles. The standard InChI is InChI=1S/C22H25N3O3S/c1-16(2)28-18-7-5-17(6-8-18)22(26)25-11-9-24(10-12-25)14-21-23-19(15-29-21)20-4-3-13-27-20/h3-8,13,15-16H,9-12,14H2,1-2H3. The summed E-state index contributed by atoms with van der Waals surface area (Å²) in [5.41, 5.74) is 1.59. The summed E-state index contributed by atoms with van der Waals surface area (Å²) in [5, 5.41) is 3.09. The van der Waals surface area contributed by atoms with Gasteiger partial charge in [0.25, 0.3) is 5.91 Å². The number of aromatic nitrogens is 1. The van der Waals surface area contributed by atoms with Crippen molar-refractivity contribution in [3.05, 3.63) is 58.6 Å². The van der Waals surface area contributed by atoms with Crippen molar-refractivity contribution in [1.29, 1.82) is 0 Å². The number of benzene rings is 1. The molecule has 0 spiro atoms. The molecule has 0 unspecified atom stereocenters. The van der Waals surface area contributed by atoms with Crippen LogP contribution in [0.2, 0.25) is 0 Å². The van der Waals surface area contributed by atoms with E-state index in [-0.39, 0.29) is 12.0 Å². The average molecular weight is 412 g/mol. The van der Waals surface area contributed by atoms with Gasteiger partial charge in [-0.1, -0.05) is 0 Å². The first-order valence-electron chi connectivity index (χ1n) is 9.85. The van der Waals surface area contributed by atoms with Gasteiger partial charge in [-0.2, -0.15) is 0 Å². The lowest BCUT2D eigenvalue weighted by atomic mass is 10.1. The second-order valence-corrected chi connectivity index (χ2v) is 8.31. The number of rotatable bonds is 6. The third-order valence-corrected chi connectivity index (χ3v) is 5.65. The molecule has 4 rings (SSSR count). The van der Waals surface area contributed by atoms with Crippen molar-refractivity contribution in [2.24, 2.45) is 0 Å². The van der Waals surface area contributed by atoms with Crippen LogP contribution in [0.4, 0.5) is 0 Å². The summed E-state index contributed by atoms with van der Waals surface area (Å²) in [5.74, 6) is 1.67. The number of ether oxygens (including phenoxy) is 1. The average Bonchev–Trinajstić information content (AvgIpc) is 3.40. The lowest BCUT2D eigenvalue weighted by Crippen LogP contribution is -2.48. The van der Waals surface area contributed by atoms with Gasteiger partial charge in [0.15, 0.2) is 5.76 Å². The van der Waals surface area contributed by atoms with E-state index in [0.717, 1.165) is 54.9 Å². The van der Waals surface area contributed by atoms with Gasteiger partial charge in [0.05, 0.1) is 18.9 Å². The largest absolute Gasteiger partial charge is 0.491 e. The molecule has 0 atom stereocenters. The first kappa shape index (κ1) is 19.7. The summed E-state index contributed by atoms with van der Waals surface area (Å²) in [6.45, 7) is 7.91. The fourth-order valence-corrected chi connectivity index (χ4v) is 4.18. The van der Waals surface area contributed by atoms with E-state index in [2.05, 4.69) is 9.88 Å². The Labute approximate surface area is 174 Å². The number of amides is 1. The first-order chi connectivity index (χ1) is 14.1. The van der Waals surface area contributed by atoms with Gasteiger partial charge in [0.1, 0.15) is 16.5 Å². The maximum Gasteiger partial charge on any atom is 0.253 e. The van der Waals surface area contributed by atoms with E-state index in [0.29, 0.717) is 5.56 Å². The van der Waals surface area contributed by atoms with Crippen LogP contribution < -0.4 is 4.74 Å². The summed E-state index contributed by atoms with van der Waals surface area (Å²) >= 11 is 1.65. The third kappa shape index (κ3) is 4.86. The van der Waals surface area contributed by atoms with Crippen molar-refractivity contribution in [1.82, 2.24) is 14.8 Å². The van der Waals surface area contributed by atoms with E-state index in [4.69, 9.17) is 9.15 Å². The molecule has 6 nitrogen and oxygen atoms in total. The van der Waals surface area contributed by atoms with E-state index in [1.165, 1.54) is 0 Å². The SMILES string of the molecule is CC(C)Oc1ccc(C(=O)N2CCN(Cc3nc(-c4ccco4)cs3)CC2)cc1. The lowest BCUT2D eigenvalue weighted by Gasteiger charge is -2.34. The molecule has 2 aromatic heterocycles. The number of hydrogen-bond acceptors (Lipinski definition) is 6. The van der Waals surface area contributed by atoms with Gasteiger partial charge in [0.2, 0.25) is 0 Å². The molecular formula is C22H25N3O3S. The minimum absolute atomic E-state index is 0.0788. The first-order valence-corrected chi connectivity index (χ1v) is 10.7. The van der Waals surface area contributed by atoms with Crippen LogP contribution in [0.15, 0.2) is 52.5 Å². The van der Waals surface area contributed by atoms with E-state index < -0.39 is 0 Å². The lowest BCUT2D eigenvalue weighted by molar-refractivity contribution is 0.0628. The number of carbonyl (C=O) groups excluding carboxylic acids is 1. The fourth-order valence-electron chi connectivity index (χ4n) is 3.35. The Morgan fingerprint density at radius 3 is 2.59 bits per heavy atom. The fraction of sp³-hybridized carbons (Fsp3) is 0.364. The van der Waals surface area contributed by atoms with Crippen LogP contribution in [0.3, 0.4) is 0 Å². The number of thiazole rings is 1. The van der Waals surface area contributed by atoms with E-state index in [9.17, 15) is 4.79 Å². The highest BCUT2D eigenvalue weighted by Crippen LogP contribution is 2.23. The molecule has 3 aromatic rings. The van der Waals surface area contributed by atoms with Crippen LogP contribution >= 0.6 is 11.3 Å². The number of piperazine rings is 1. The van der Waals surface area contributed by atoms with Crippen molar-refractivity contribution in [2.45, 2.75) is 26.5 Å². The molecule has 152 valence electrons. The van der Waals surface area contributed by atoms with Gasteiger partial charge < -0.3 is 14.1 Å². The van der Waals surface area contributed by atoms with Gasteiger partial charge in [-0.25, -0.2) is 4.98 Å². The van der Waals surface area contributed by atoms with Gasteiger partial charge >= 0.3 is 0 Å². The van der Waals surface area contributed by atoms with Gasteiger partial charge in [-0.15, -0.1) is 11.3 Å². The summed E-state index contributed by atoms with van der Waals surface area (Å²) < 4.78 is 11.1. The van der Waals surface area contributed by atoms with E-state index >= 15 is 0 Å². The highest BCUT2D eigenvalue weighted by Gasteiger charge is 2.23. The second-order valence-electron chi connectivity index (χ2n) is 7.36. The Balaban J connectivity index is 1.29. The Kier molecular flexibility index (Phi) is 5.97. The van der Waals surface area contributed by atoms with Crippen molar-refractivity contribution < 1.29 is 13.9 Å². The quantitative estimate of drug-likeness (QED) is 0.610. The topological polar surface area (TPSA) is 58.8 Å². The molecule has 1 fully saturated rings. The van der Waals surface area contributed by atoms with Crippen LogP contribution in [-0.2, 0) is 6.54 Å². The smallest absolute Gasteiger partial charge is 0.253 e. The van der Waals surface area contributed by atoms with Crippen molar-refractivity contribution in [2.75, 3.05) is 26.2 Å². The van der Waals surface area contributed by atoms with Gasteiger partial charge in [0, 0.05) is 37.1 Å².